The third-order valence-electron chi connectivity index (χ3n) is 3.95. The molecular weight excluding hydrogens is 278 g/mol. The van der Waals surface area contributed by atoms with Crippen molar-refractivity contribution >= 4 is 5.78 Å². The second-order valence-corrected chi connectivity index (χ2v) is 7.10. The number of nitrogens with zero attached hydrogens (tertiary/aromatic N) is 1. The molecule has 0 radical (unpaired) electrons. The van der Waals surface area contributed by atoms with Crippen LogP contribution in [0.4, 0.5) is 0 Å². The fraction of sp³-hybridized carbons (Fsp3) is 0.611. The molecule has 0 aromatic heterocycles. The van der Waals surface area contributed by atoms with Crippen LogP contribution >= 0.6 is 0 Å². The summed E-state index contributed by atoms with van der Waals surface area (Å²) in [6.07, 6.45) is 0. The van der Waals surface area contributed by atoms with Gasteiger partial charge in [-0.05, 0) is 25.1 Å². The molecule has 0 fully saturated rings. The van der Waals surface area contributed by atoms with Gasteiger partial charge in [-0.1, -0.05) is 27.7 Å². The van der Waals surface area contributed by atoms with Crippen molar-refractivity contribution in [3.8, 4) is 11.5 Å². The summed E-state index contributed by atoms with van der Waals surface area (Å²) in [5, 5.41) is 19.0. The van der Waals surface area contributed by atoms with Crippen molar-refractivity contribution in [2.24, 2.45) is 11.8 Å². The lowest BCUT2D eigenvalue weighted by Crippen LogP contribution is -2.54. The molecule has 4 heteroatoms. The van der Waals surface area contributed by atoms with E-state index in [1.807, 2.05) is 0 Å². The van der Waals surface area contributed by atoms with Crippen LogP contribution in [0.5, 0.6) is 11.5 Å². The molecule has 0 bridgehead atoms. The number of aromatic hydroxyl groups is 2. The molecule has 1 rings (SSSR count). The lowest BCUT2D eigenvalue weighted by atomic mass is 10.0. The second kappa shape index (κ2) is 7.63. The molecule has 2 N–H and O–H groups in total. The second-order valence-electron chi connectivity index (χ2n) is 7.10. The zero-order valence-electron chi connectivity index (χ0n) is 14.5. The number of hydrogen-bond donors (Lipinski definition) is 2. The normalized spacial score (nSPS) is 12.1. The Morgan fingerprint density at radius 2 is 1.59 bits per heavy atom. The minimum atomic E-state index is -0.242. The van der Waals surface area contributed by atoms with Gasteiger partial charge in [-0.2, -0.15) is 0 Å². The standard InChI is InChI=1S/C18H29NO3/c1-6-19(10-13(2)3,11-14(4)5)12-18(22)15-7-8-16(20)17(21)9-15/h7-9,13-14H,6,10-12H2,1-5H3,(H-,20,21,22)/p+1. The number of Topliss-reactive ketones (excluding diaryl/α,β-unsaturated/α-hetero) is 1. The molecule has 1 aromatic rings. The first kappa shape index (κ1) is 18.5. The quantitative estimate of drug-likeness (QED) is 0.439. The maximum Gasteiger partial charge on any atom is 0.217 e. The molecule has 0 aliphatic heterocycles. The predicted octanol–water partition coefficient (Wildman–Crippen LogP) is 3.43. The van der Waals surface area contributed by atoms with E-state index in [0.717, 1.165) is 24.1 Å². The number of phenolic OH excluding ortho intramolecular Hbond substituents is 2. The number of phenols is 2. The molecule has 0 aliphatic rings. The van der Waals surface area contributed by atoms with Gasteiger partial charge in [0, 0.05) is 17.4 Å². The number of likely N-dealkylation sites (N-methyl/N-ethyl adjacent to an activating group) is 1. The number of benzene rings is 1. The molecule has 0 saturated carbocycles. The van der Waals surface area contributed by atoms with E-state index in [1.54, 1.807) is 6.07 Å². The summed E-state index contributed by atoms with van der Waals surface area (Å²) >= 11 is 0. The summed E-state index contributed by atoms with van der Waals surface area (Å²) in [6, 6.07) is 4.30. The van der Waals surface area contributed by atoms with Gasteiger partial charge in [0.25, 0.3) is 0 Å². The number of hydrogen-bond acceptors (Lipinski definition) is 3. The van der Waals surface area contributed by atoms with Crippen molar-refractivity contribution in [1.82, 2.24) is 0 Å². The van der Waals surface area contributed by atoms with Crippen molar-refractivity contribution in [2.45, 2.75) is 34.6 Å². The van der Waals surface area contributed by atoms with Crippen molar-refractivity contribution < 1.29 is 19.5 Å². The van der Waals surface area contributed by atoms with Crippen LogP contribution in [0, 0.1) is 11.8 Å². The Bertz CT molecular complexity index is 499. The van der Waals surface area contributed by atoms with Gasteiger partial charge in [0.05, 0.1) is 19.6 Å². The summed E-state index contributed by atoms with van der Waals surface area (Å²) in [5.41, 5.74) is 0.457. The molecule has 0 amide bonds. The number of ketones is 1. The SMILES string of the molecule is CC[N+](CC(=O)c1ccc(O)c(O)c1)(CC(C)C)CC(C)C. The van der Waals surface area contributed by atoms with Crippen LogP contribution in [0.15, 0.2) is 18.2 Å². The average Bonchev–Trinajstić information content (AvgIpc) is 2.40. The summed E-state index contributed by atoms with van der Waals surface area (Å²) < 4.78 is 0.760. The van der Waals surface area contributed by atoms with E-state index in [-0.39, 0.29) is 17.3 Å². The summed E-state index contributed by atoms with van der Waals surface area (Å²) in [5.74, 6) is 0.600. The lowest BCUT2D eigenvalue weighted by Gasteiger charge is -2.40. The van der Waals surface area contributed by atoms with Crippen molar-refractivity contribution in [3.05, 3.63) is 23.8 Å². The van der Waals surface area contributed by atoms with Gasteiger partial charge in [0.15, 0.2) is 11.5 Å². The molecule has 0 atom stereocenters. The summed E-state index contributed by atoms with van der Waals surface area (Å²) in [6.45, 7) is 14.1. The van der Waals surface area contributed by atoms with Crippen molar-refractivity contribution in [1.29, 1.82) is 0 Å². The van der Waals surface area contributed by atoms with Crippen LogP contribution in [0.1, 0.15) is 45.0 Å². The first-order valence-electron chi connectivity index (χ1n) is 8.09. The molecule has 22 heavy (non-hydrogen) atoms. The summed E-state index contributed by atoms with van der Waals surface area (Å²) in [4.78, 5) is 12.6. The van der Waals surface area contributed by atoms with Crippen LogP contribution in [0.3, 0.4) is 0 Å². The Morgan fingerprint density at radius 1 is 1.05 bits per heavy atom. The molecule has 4 nitrogen and oxygen atoms in total. The van der Waals surface area contributed by atoms with Crippen LogP contribution in [-0.2, 0) is 0 Å². The third kappa shape index (κ3) is 5.02. The van der Waals surface area contributed by atoms with Crippen LogP contribution in [0.2, 0.25) is 0 Å². The highest BCUT2D eigenvalue weighted by Crippen LogP contribution is 2.26. The highest BCUT2D eigenvalue weighted by atomic mass is 16.3. The maximum absolute atomic E-state index is 12.6. The van der Waals surface area contributed by atoms with Crippen LogP contribution in [-0.4, -0.2) is 46.7 Å². The number of carbonyl (C=O) groups is 1. The fourth-order valence-electron chi connectivity index (χ4n) is 3.22. The fourth-order valence-corrected chi connectivity index (χ4v) is 3.22. The number of quaternary nitrogens is 1. The molecule has 124 valence electrons. The monoisotopic (exact) mass is 308 g/mol. The average molecular weight is 308 g/mol. The van der Waals surface area contributed by atoms with Crippen molar-refractivity contribution in [2.75, 3.05) is 26.2 Å². The van der Waals surface area contributed by atoms with Gasteiger partial charge in [-0.3, -0.25) is 4.79 Å². The lowest BCUT2D eigenvalue weighted by molar-refractivity contribution is -0.924. The van der Waals surface area contributed by atoms with E-state index < -0.39 is 0 Å². The Labute approximate surface area is 134 Å². The third-order valence-corrected chi connectivity index (χ3v) is 3.95. The molecular formula is C18H30NO3+. The van der Waals surface area contributed by atoms with Gasteiger partial charge < -0.3 is 14.7 Å². The molecule has 0 saturated heterocycles. The molecule has 1 aromatic carbocycles. The molecule has 0 spiro atoms. The van der Waals surface area contributed by atoms with Gasteiger partial charge in [-0.25, -0.2) is 0 Å². The largest absolute Gasteiger partial charge is 0.504 e. The topological polar surface area (TPSA) is 57.5 Å². The Balaban J connectivity index is 3.00. The first-order valence-corrected chi connectivity index (χ1v) is 8.09. The molecule has 0 unspecified atom stereocenters. The van der Waals surface area contributed by atoms with E-state index in [1.165, 1.54) is 12.1 Å². The number of carbonyl (C=O) groups excluding carboxylic acids is 1. The minimum Gasteiger partial charge on any atom is -0.504 e. The van der Waals surface area contributed by atoms with E-state index in [0.29, 0.717) is 23.9 Å². The minimum absolute atomic E-state index is 0.0125. The first-order chi connectivity index (χ1) is 10.2. The van der Waals surface area contributed by atoms with Crippen molar-refractivity contribution in [3.63, 3.8) is 0 Å². The highest BCUT2D eigenvalue weighted by Gasteiger charge is 2.31. The van der Waals surface area contributed by atoms with E-state index in [2.05, 4.69) is 34.6 Å². The van der Waals surface area contributed by atoms with E-state index in [4.69, 9.17) is 0 Å². The maximum atomic E-state index is 12.6. The zero-order chi connectivity index (χ0) is 16.9. The van der Waals surface area contributed by atoms with Gasteiger partial charge in [0.1, 0.15) is 6.54 Å². The smallest absolute Gasteiger partial charge is 0.217 e. The van der Waals surface area contributed by atoms with Crippen LogP contribution < -0.4 is 0 Å². The Hall–Kier alpha value is -1.55. The zero-order valence-corrected chi connectivity index (χ0v) is 14.5. The Kier molecular flexibility index (Phi) is 6.42. The van der Waals surface area contributed by atoms with Gasteiger partial charge in [0.2, 0.25) is 5.78 Å². The van der Waals surface area contributed by atoms with Crippen LogP contribution in [0.25, 0.3) is 0 Å². The Morgan fingerprint density at radius 3 is 2.00 bits per heavy atom. The predicted molar refractivity (Wildman–Crippen MR) is 89.2 cm³/mol. The number of rotatable bonds is 8. The summed E-state index contributed by atoms with van der Waals surface area (Å²) in [7, 11) is 0. The highest BCUT2D eigenvalue weighted by molar-refractivity contribution is 5.97. The molecule has 0 aliphatic carbocycles. The van der Waals surface area contributed by atoms with Gasteiger partial charge >= 0.3 is 0 Å². The van der Waals surface area contributed by atoms with Gasteiger partial charge in [-0.15, -0.1) is 0 Å². The van der Waals surface area contributed by atoms with E-state index in [9.17, 15) is 15.0 Å². The van der Waals surface area contributed by atoms with E-state index >= 15 is 0 Å². The molecule has 0 heterocycles.